The zero-order chi connectivity index (χ0) is 16.3. The summed E-state index contributed by atoms with van der Waals surface area (Å²) in [4.78, 5) is 23.6. The van der Waals surface area contributed by atoms with E-state index in [2.05, 4.69) is 5.32 Å². The van der Waals surface area contributed by atoms with E-state index in [1.54, 1.807) is 0 Å². The van der Waals surface area contributed by atoms with Gasteiger partial charge in [-0.15, -0.1) is 0 Å². The predicted molar refractivity (Wildman–Crippen MR) is 73.4 cm³/mol. The molecule has 4 nitrogen and oxygen atoms in total. The number of primary amides is 1. The molecule has 1 aliphatic rings. The molecule has 2 rings (SSSR count). The van der Waals surface area contributed by atoms with Crippen LogP contribution in [-0.2, 0) is 9.59 Å². The summed E-state index contributed by atoms with van der Waals surface area (Å²) in [5, 5.41) is 2.47. The van der Waals surface area contributed by atoms with Crippen LogP contribution in [0.5, 0.6) is 0 Å². The first-order valence-electron chi connectivity index (χ1n) is 7.01. The summed E-state index contributed by atoms with van der Waals surface area (Å²) < 4.78 is 39.1. The van der Waals surface area contributed by atoms with E-state index in [9.17, 15) is 22.8 Å². The van der Waals surface area contributed by atoms with E-state index < -0.39 is 35.5 Å². The van der Waals surface area contributed by atoms with Gasteiger partial charge < -0.3 is 11.1 Å². The molecule has 7 heteroatoms. The van der Waals surface area contributed by atoms with Crippen LogP contribution in [0.25, 0.3) is 0 Å². The molecule has 1 atom stereocenters. The predicted octanol–water partition coefficient (Wildman–Crippen LogP) is 2.29. The first-order valence-corrected chi connectivity index (χ1v) is 7.01. The quantitative estimate of drug-likeness (QED) is 0.895. The number of benzene rings is 1. The van der Waals surface area contributed by atoms with Crippen LogP contribution in [0, 0.1) is 11.7 Å². The maximum atomic E-state index is 13.1. The van der Waals surface area contributed by atoms with Crippen LogP contribution in [-0.4, -0.2) is 17.7 Å². The highest BCUT2D eigenvalue weighted by Crippen LogP contribution is 2.36. The zero-order valence-electron chi connectivity index (χ0n) is 11.8. The second kappa shape index (κ2) is 6.37. The van der Waals surface area contributed by atoms with Gasteiger partial charge >= 0.3 is 0 Å². The topological polar surface area (TPSA) is 72.2 Å². The van der Waals surface area contributed by atoms with E-state index in [0.717, 1.165) is 12.1 Å². The minimum absolute atomic E-state index is 0.0632. The molecule has 0 heterocycles. The molecule has 0 radical (unpaired) electrons. The van der Waals surface area contributed by atoms with E-state index >= 15 is 0 Å². The Hall–Kier alpha value is -2.05. The standard InChI is InChI=1S/C15H17F3N2O2/c16-11-3-1-9(2-4-11)12(13(19)21)20-14(22)10-5-7-15(17,18)8-6-10/h1-4,10,12H,5-8H2,(H2,19,21)(H,20,22)/t12-/m0/s1. The Morgan fingerprint density at radius 2 is 1.73 bits per heavy atom. The molecule has 1 aromatic carbocycles. The number of rotatable bonds is 4. The molecule has 1 fully saturated rings. The number of nitrogens with two attached hydrogens (primary N) is 1. The average molecular weight is 314 g/mol. The molecule has 0 aromatic heterocycles. The van der Waals surface area contributed by atoms with Crippen LogP contribution in [0.4, 0.5) is 13.2 Å². The van der Waals surface area contributed by atoms with Gasteiger partial charge in [0.2, 0.25) is 17.7 Å². The van der Waals surface area contributed by atoms with Gasteiger partial charge in [-0.05, 0) is 30.5 Å². The largest absolute Gasteiger partial charge is 0.368 e. The molecule has 1 aliphatic carbocycles. The molecule has 2 amide bonds. The summed E-state index contributed by atoms with van der Waals surface area (Å²) in [5.41, 5.74) is 5.61. The SMILES string of the molecule is NC(=O)[C@@H](NC(=O)C1CCC(F)(F)CC1)c1ccc(F)cc1. The minimum atomic E-state index is -2.73. The first kappa shape index (κ1) is 16.3. The van der Waals surface area contributed by atoms with Gasteiger partial charge in [0.05, 0.1) is 0 Å². The van der Waals surface area contributed by atoms with Crippen molar-refractivity contribution >= 4 is 11.8 Å². The van der Waals surface area contributed by atoms with E-state index in [-0.39, 0.29) is 25.7 Å². The lowest BCUT2D eigenvalue weighted by Crippen LogP contribution is -2.42. The first-order chi connectivity index (χ1) is 10.3. The second-order valence-electron chi connectivity index (χ2n) is 5.53. The second-order valence-corrected chi connectivity index (χ2v) is 5.53. The fraction of sp³-hybridized carbons (Fsp3) is 0.467. The summed E-state index contributed by atoms with van der Waals surface area (Å²) in [7, 11) is 0. The Morgan fingerprint density at radius 1 is 1.18 bits per heavy atom. The van der Waals surface area contributed by atoms with Crippen molar-refractivity contribution in [1.82, 2.24) is 5.32 Å². The average Bonchev–Trinajstić information content (AvgIpc) is 2.45. The van der Waals surface area contributed by atoms with Gasteiger partial charge in [-0.25, -0.2) is 13.2 Å². The number of nitrogens with one attached hydrogen (secondary N) is 1. The number of alkyl halides is 2. The lowest BCUT2D eigenvalue weighted by Gasteiger charge is -2.28. The monoisotopic (exact) mass is 314 g/mol. The summed E-state index contributed by atoms with van der Waals surface area (Å²) in [6.45, 7) is 0. The fourth-order valence-corrected chi connectivity index (χ4v) is 2.54. The van der Waals surface area contributed by atoms with Crippen molar-refractivity contribution in [1.29, 1.82) is 0 Å². The van der Waals surface area contributed by atoms with Gasteiger partial charge in [0.1, 0.15) is 11.9 Å². The van der Waals surface area contributed by atoms with E-state index in [1.165, 1.54) is 12.1 Å². The van der Waals surface area contributed by atoms with Crippen molar-refractivity contribution in [2.45, 2.75) is 37.6 Å². The molecular weight excluding hydrogens is 297 g/mol. The molecule has 0 saturated heterocycles. The lowest BCUT2D eigenvalue weighted by atomic mass is 9.86. The van der Waals surface area contributed by atoms with Crippen molar-refractivity contribution in [3.63, 3.8) is 0 Å². The Balaban J connectivity index is 2.04. The summed E-state index contributed by atoms with van der Waals surface area (Å²) in [6, 6.07) is 3.90. The van der Waals surface area contributed by atoms with Gasteiger partial charge in [-0.2, -0.15) is 0 Å². The fourth-order valence-electron chi connectivity index (χ4n) is 2.54. The van der Waals surface area contributed by atoms with Gasteiger partial charge in [0, 0.05) is 18.8 Å². The maximum absolute atomic E-state index is 13.1. The van der Waals surface area contributed by atoms with Crippen molar-refractivity contribution in [2.24, 2.45) is 11.7 Å². The summed E-state index contributed by atoms with van der Waals surface area (Å²) in [6.07, 6.45) is -0.562. The van der Waals surface area contributed by atoms with Gasteiger partial charge in [0.15, 0.2) is 0 Å². The molecule has 3 N–H and O–H groups in total. The summed E-state index contributed by atoms with van der Waals surface area (Å²) >= 11 is 0. The highest BCUT2D eigenvalue weighted by Gasteiger charge is 2.38. The Bertz CT molecular complexity index is 550. The number of amides is 2. The van der Waals surface area contributed by atoms with Crippen molar-refractivity contribution in [3.8, 4) is 0 Å². The molecular formula is C15H17F3N2O2. The Kier molecular flexibility index (Phi) is 4.73. The van der Waals surface area contributed by atoms with Crippen LogP contribution < -0.4 is 11.1 Å². The van der Waals surface area contributed by atoms with E-state index in [0.29, 0.717) is 5.56 Å². The molecule has 0 spiro atoms. The van der Waals surface area contributed by atoms with Crippen molar-refractivity contribution < 1.29 is 22.8 Å². The molecule has 0 unspecified atom stereocenters. The highest BCUT2D eigenvalue weighted by molar-refractivity contribution is 5.88. The van der Waals surface area contributed by atoms with Crippen molar-refractivity contribution in [3.05, 3.63) is 35.6 Å². The minimum Gasteiger partial charge on any atom is -0.368 e. The zero-order valence-corrected chi connectivity index (χ0v) is 11.8. The van der Waals surface area contributed by atoms with Crippen LogP contribution in [0.2, 0.25) is 0 Å². The third-order valence-corrected chi connectivity index (χ3v) is 3.86. The number of halogens is 3. The molecule has 22 heavy (non-hydrogen) atoms. The molecule has 0 bridgehead atoms. The van der Waals surface area contributed by atoms with Crippen LogP contribution in [0.3, 0.4) is 0 Å². The molecule has 120 valence electrons. The maximum Gasteiger partial charge on any atom is 0.248 e. The normalized spacial score (nSPS) is 19.4. The van der Waals surface area contributed by atoms with Crippen LogP contribution in [0.1, 0.15) is 37.3 Å². The van der Waals surface area contributed by atoms with Gasteiger partial charge in [0.25, 0.3) is 0 Å². The Morgan fingerprint density at radius 3 is 2.23 bits per heavy atom. The third-order valence-electron chi connectivity index (χ3n) is 3.86. The van der Waals surface area contributed by atoms with E-state index in [4.69, 9.17) is 5.73 Å². The highest BCUT2D eigenvalue weighted by atomic mass is 19.3. The smallest absolute Gasteiger partial charge is 0.248 e. The van der Waals surface area contributed by atoms with Crippen LogP contribution in [0.15, 0.2) is 24.3 Å². The number of carbonyl (C=O) groups is 2. The number of hydrogen-bond donors (Lipinski definition) is 2. The molecule has 1 saturated carbocycles. The Labute approximate surface area is 125 Å². The number of hydrogen-bond acceptors (Lipinski definition) is 2. The lowest BCUT2D eigenvalue weighted by molar-refractivity contribution is -0.133. The molecule has 1 aromatic rings. The van der Waals surface area contributed by atoms with Crippen molar-refractivity contribution in [2.75, 3.05) is 0 Å². The van der Waals surface area contributed by atoms with Crippen LogP contribution >= 0.6 is 0 Å². The van der Waals surface area contributed by atoms with Gasteiger partial charge in [-0.1, -0.05) is 12.1 Å². The van der Waals surface area contributed by atoms with E-state index in [1.807, 2.05) is 0 Å². The molecule has 0 aliphatic heterocycles. The number of carbonyl (C=O) groups excluding carboxylic acids is 2. The summed E-state index contributed by atoms with van der Waals surface area (Å²) in [5.74, 6) is -5.05. The third kappa shape index (κ3) is 3.99. The van der Waals surface area contributed by atoms with Gasteiger partial charge in [-0.3, -0.25) is 9.59 Å².